The summed E-state index contributed by atoms with van der Waals surface area (Å²) in [5, 5.41) is 15.3. The third kappa shape index (κ3) is 2.95. The molecule has 1 N–H and O–H groups in total. The standard InChI is InChI=1S/C16H12Cl2N2O/c17-12-3-1-11(2-4-12)15-9-20(19-16(15)10-21)14-7-5-13(18)6-8-14/h1-9,21H,10H2. The van der Waals surface area contributed by atoms with Gasteiger partial charge in [0.25, 0.3) is 0 Å². The Morgan fingerprint density at radius 3 is 2.05 bits per heavy atom. The summed E-state index contributed by atoms with van der Waals surface area (Å²) in [6.45, 7) is -0.126. The average Bonchev–Trinajstić information content (AvgIpc) is 2.93. The van der Waals surface area contributed by atoms with Gasteiger partial charge in [-0.2, -0.15) is 5.10 Å². The molecule has 3 rings (SSSR count). The van der Waals surface area contributed by atoms with Crippen LogP contribution in [0.15, 0.2) is 54.7 Å². The van der Waals surface area contributed by atoms with E-state index >= 15 is 0 Å². The number of hydrogen-bond donors (Lipinski definition) is 1. The summed E-state index contributed by atoms with van der Waals surface area (Å²) in [4.78, 5) is 0. The van der Waals surface area contributed by atoms with Gasteiger partial charge in [0.05, 0.1) is 18.0 Å². The maximum absolute atomic E-state index is 9.52. The number of hydrogen-bond acceptors (Lipinski definition) is 2. The lowest BCUT2D eigenvalue weighted by atomic mass is 10.1. The largest absolute Gasteiger partial charge is 0.390 e. The zero-order valence-electron chi connectivity index (χ0n) is 11.0. The molecule has 0 aliphatic heterocycles. The molecule has 0 amide bonds. The molecule has 3 nitrogen and oxygen atoms in total. The first-order valence-electron chi connectivity index (χ1n) is 6.38. The predicted octanol–water partition coefficient (Wildman–Crippen LogP) is 4.34. The van der Waals surface area contributed by atoms with E-state index in [0.717, 1.165) is 16.8 Å². The van der Waals surface area contributed by atoms with Crippen LogP contribution in [0, 0.1) is 0 Å². The van der Waals surface area contributed by atoms with Crippen LogP contribution >= 0.6 is 23.2 Å². The number of halogens is 2. The summed E-state index contributed by atoms with van der Waals surface area (Å²) in [5.41, 5.74) is 3.34. The molecule has 3 aromatic rings. The predicted molar refractivity (Wildman–Crippen MR) is 84.9 cm³/mol. The summed E-state index contributed by atoms with van der Waals surface area (Å²) < 4.78 is 1.73. The Hall–Kier alpha value is -1.81. The van der Waals surface area contributed by atoms with Crippen molar-refractivity contribution in [2.45, 2.75) is 6.61 Å². The van der Waals surface area contributed by atoms with Gasteiger partial charge in [-0.1, -0.05) is 35.3 Å². The minimum atomic E-state index is -0.126. The maximum atomic E-state index is 9.52. The number of aliphatic hydroxyl groups is 1. The van der Waals surface area contributed by atoms with E-state index in [-0.39, 0.29) is 6.61 Å². The number of benzene rings is 2. The second-order valence-electron chi connectivity index (χ2n) is 4.58. The zero-order valence-corrected chi connectivity index (χ0v) is 12.5. The normalized spacial score (nSPS) is 10.8. The van der Waals surface area contributed by atoms with Crippen molar-refractivity contribution >= 4 is 23.2 Å². The van der Waals surface area contributed by atoms with E-state index in [1.165, 1.54) is 0 Å². The topological polar surface area (TPSA) is 38.1 Å². The van der Waals surface area contributed by atoms with Crippen molar-refractivity contribution in [3.8, 4) is 16.8 Å². The van der Waals surface area contributed by atoms with Crippen molar-refractivity contribution in [3.63, 3.8) is 0 Å². The molecule has 0 atom stereocenters. The maximum Gasteiger partial charge on any atom is 0.0961 e. The van der Waals surface area contributed by atoms with Crippen molar-refractivity contribution in [2.24, 2.45) is 0 Å². The van der Waals surface area contributed by atoms with E-state index in [1.54, 1.807) is 16.8 Å². The third-order valence-electron chi connectivity index (χ3n) is 3.19. The lowest BCUT2D eigenvalue weighted by Crippen LogP contribution is -1.95. The number of rotatable bonds is 3. The molecule has 21 heavy (non-hydrogen) atoms. The lowest BCUT2D eigenvalue weighted by Gasteiger charge is -2.00. The van der Waals surface area contributed by atoms with E-state index in [0.29, 0.717) is 15.7 Å². The molecule has 1 aromatic heterocycles. The molecule has 106 valence electrons. The molecule has 0 saturated carbocycles. The quantitative estimate of drug-likeness (QED) is 0.780. The molecule has 0 aliphatic rings. The van der Waals surface area contributed by atoms with Gasteiger partial charge in [-0.25, -0.2) is 4.68 Å². The first kappa shape index (κ1) is 14.1. The van der Waals surface area contributed by atoms with Gasteiger partial charge in [0.15, 0.2) is 0 Å². The third-order valence-corrected chi connectivity index (χ3v) is 3.69. The summed E-state index contributed by atoms with van der Waals surface area (Å²) in [7, 11) is 0. The second-order valence-corrected chi connectivity index (χ2v) is 5.45. The van der Waals surface area contributed by atoms with Crippen molar-refractivity contribution in [1.82, 2.24) is 9.78 Å². The summed E-state index contributed by atoms with van der Waals surface area (Å²) in [5.74, 6) is 0. The van der Waals surface area contributed by atoms with Crippen molar-refractivity contribution in [1.29, 1.82) is 0 Å². The van der Waals surface area contributed by atoms with Crippen molar-refractivity contribution in [3.05, 3.63) is 70.5 Å². The molecule has 0 aliphatic carbocycles. The van der Waals surface area contributed by atoms with Gasteiger partial charge in [0.1, 0.15) is 0 Å². The van der Waals surface area contributed by atoms with E-state index in [1.807, 2.05) is 42.6 Å². The first-order chi connectivity index (χ1) is 10.2. The van der Waals surface area contributed by atoms with Gasteiger partial charge < -0.3 is 5.11 Å². The molecule has 0 unspecified atom stereocenters. The van der Waals surface area contributed by atoms with Crippen LogP contribution in [0.1, 0.15) is 5.69 Å². The van der Waals surface area contributed by atoms with Crippen LogP contribution in [0.25, 0.3) is 16.8 Å². The van der Waals surface area contributed by atoms with Crippen LogP contribution in [0.2, 0.25) is 10.0 Å². The summed E-state index contributed by atoms with van der Waals surface area (Å²) >= 11 is 11.8. The highest BCUT2D eigenvalue weighted by atomic mass is 35.5. The highest BCUT2D eigenvalue weighted by Gasteiger charge is 2.11. The molecule has 5 heteroatoms. The highest BCUT2D eigenvalue weighted by Crippen LogP contribution is 2.26. The lowest BCUT2D eigenvalue weighted by molar-refractivity contribution is 0.276. The molecule has 0 spiro atoms. The van der Waals surface area contributed by atoms with Crippen LogP contribution in [0.3, 0.4) is 0 Å². The molecule has 0 saturated heterocycles. The smallest absolute Gasteiger partial charge is 0.0961 e. The van der Waals surface area contributed by atoms with Gasteiger partial charge >= 0.3 is 0 Å². The zero-order chi connectivity index (χ0) is 14.8. The Labute approximate surface area is 132 Å². The van der Waals surface area contributed by atoms with E-state index in [2.05, 4.69) is 5.10 Å². The SMILES string of the molecule is OCc1nn(-c2ccc(Cl)cc2)cc1-c1ccc(Cl)cc1. The Morgan fingerprint density at radius 1 is 0.905 bits per heavy atom. The molecule has 0 fully saturated rings. The molecule has 0 bridgehead atoms. The van der Waals surface area contributed by atoms with Gasteiger partial charge in [-0.3, -0.25) is 0 Å². The van der Waals surface area contributed by atoms with Gasteiger partial charge in [-0.05, 0) is 42.0 Å². The van der Waals surface area contributed by atoms with Crippen LogP contribution in [0.5, 0.6) is 0 Å². The van der Waals surface area contributed by atoms with E-state index < -0.39 is 0 Å². The van der Waals surface area contributed by atoms with Crippen molar-refractivity contribution < 1.29 is 5.11 Å². The Balaban J connectivity index is 2.05. The van der Waals surface area contributed by atoms with Crippen LogP contribution in [-0.4, -0.2) is 14.9 Å². The Morgan fingerprint density at radius 2 is 1.48 bits per heavy atom. The molecule has 0 radical (unpaired) electrons. The Kier molecular flexibility index (Phi) is 3.97. The summed E-state index contributed by atoms with van der Waals surface area (Å²) in [6.07, 6.45) is 1.89. The molecule has 1 heterocycles. The van der Waals surface area contributed by atoms with Crippen LogP contribution in [0.4, 0.5) is 0 Å². The number of aliphatic hydroxyl groups excluding tert-OH is 1. The van der Waals surface area contributed by atoms with Crippen LogP contribution in [-0.2, 0) is 6.61 Å². The molecular formula is C16H12Cl2N2O. The van der Waals surface area contributed by atoms with Gasteiger partial charge in [0, 0.05) is 21.8 Å². The van der Waals surface area contributed by atoms with Crippen LogP contribution < -0.4 is 0 Å². The minimum Gasteiger partial charge on any atom is -0.390 e. The first-order valence-corrected chi connectivity index (χ1v) is 7.14. The van der Waals surface area contributed by atoms with Crippen molar-refractivity contribution in [2.75, 3.05) is 0 Å². The second kappa shape index (κ2) is 5.90. The average molecular weight is 319 g/mol. The fourth-order valence-corrected chi connectivity index (χ4v) is 2.38. The number of nitrogens with zero attached hydrogens (tertiary/aromatic N) is 2. The van der Waals surface area contributed by atoms with Gasteiger partial charge in [-0.15, -0.1) is 0 Å². The summed E-state index contributed by atoms with van der Waals surface area (Å²) in [6, 6.07) is 14.8. The minimum absolute atomic E-state index is 0.126. The highest BCUT2D eigenvalue weighted by molar-refractivity contribution is 6.30. The Bertz CT molecular complexity index is 749. The molecule has 2 aromatic carbocycles. The fraction of sp³-hybridized carbons (Fsp3) is 0.0625. The van der Waals surface area contributed by atoms with E-state index in [4.69, 9.17) is 23.2 Å². The van der Waals surface area contributed by atoms with E-state index in [9.17, 15) is 5.11 Å². The number of aromatic nitrogens is 2. The molecular weight excluding hydrogens is 307 g/mol. The monoisotopic (exact) mass is 318 g/mol. The van der Waals surface area contributed by atoms with Gasteiger partial charge in [0.2, 0.25) is 0 Å². The fourth-order valence-electron chi connectivity index (χ4n) is 2.12.